The molecule has 1 aliphatic rings. The maximum atomic E-state index is 14.5. The molecule has 4 rings (SSSR count). The predicted octanol–water partition coefficient (Wildman–Crippen LogP) is 1.07. The molecule has 12 heteroatoms. The molecule has 1 aromatic heterocycles. The molecule has 1 saturated carbocycles. The van der Waals surface area contributed by atoms with Gasteiger partial charge in [-0.25, -0.2) is 14.3 Å². The number of aliphatic hydroxyl groups is 3. The summed E-state index contributed by atoms with van der Waals surface area (Å²) in [5.41, 5.74) is 0.263. The third-order valence-electron chi connectivity index (χ3n) is 5.82. The normalized spacial score (nSPS) is 13.4. The SMILES string of the molecule is O=[C-]c1ccc(Cl)c(-c2cnc(N(C(=O)c3c(F)cccc3Cl)C(O)(O)O)c(OCC3CCC3)c2)c1.[K+]. The minimum absolute atomic E-state index is 0. The van der Waals surface area contributed by atoms with Crippen LogP contribution in [0.2, 0.25) is 10.0 Å². The van der Waals surface area contributed by atoms with Gasteiger partial charge in [-0.2, -0.15) is 17.7 Å². The Morgan fingerprint density at radius 2 is 1.89 bits per heavy atom. The number of rotatable bonds is 8. The van der Waals surface area contributed by atoms with Gasteiger partial charge < -0.3 is 24.9 Å². The van der Waals surface area contributed by atoms with Gasteiger partial charge in [0.1, 0.15) is 5.82 Å². The Hall–Kier alpha value is -1.44. The van der Waals surface area contributed by atoms with Crippen LogP contribution in [-0.2, 0) is 4.79 Å². The molecular weight excluding hydrogens is 553 g/mol. The fourth-order valence-electron chi connectivity index (χ4n) is 3.72. The van der Waals surface area contributed by atoms with Crippen molar-refractivity contribution in [3.8, 4) is 16.9 Å². The molecule has 8 nitrogen and oxygen atoms in total. The number of ether oxygens (including phenoxy) is 1. The molecule has 1 fully saturated rings. The smallest absolute Gasteiger partial charge is 0.489 e. The summed E-state index contributed by atoms with van der Waals surface area (Å²) in [5, 5.41) is 30.2. The van der Waals surface area contributed by atoms with Crippen LogP contribution in [0.4, 0.5) is 10.2 Å². The van der Waals surface area contributed by atoms with Crippen LogP contribution in [0.25, 0.3) is 11.1 Å². The van der Waals surface area contributed by atoms with Crippen molar-refractivity contribution in [3.05, 3.63) is 75.7 Å². The molecule has 1 amide bonds. The zero-order chi connectivity index (χ0) is 26.0. The van der Waals surface area contributed by atoms with Gasteiger partial charge in [0.2, 0.25) is 0 Å². The number of benzene rings is 2. The Bertz CT molecular complexity index is 1300. The molecule has 0 bridgehead atoms. The molecule has 0 atom stereocenters. The van der Waals surface area contributed by atoms with Crippen molar-refractivity contribution in [1.82, 2.24) is 4.98 Å². The summed E-state index contributed by atoms with van der Waals surface area (Å²) < 4.78 is 20.4. The molecule has 0 aliphatic heterocycles. The van der Waals surface area contributed by atoms with Crippen molar-refractivity contribution in [3.63, 3.8) is 0 Å². The fraction of sp³-hybridized carbons (Fsp3) is 0.240. The van der Waals surface area contributed by atoms with Crippen molar-refractivity contribution in [1.29, 1.82) is 0 Å². The van der Waals surface area contributed by atoms with E-state index >= 15 is 0 Å². The maximum Gasteiger partial charge on any atom is 1.00 e. The first kappa shape index (κ1) is 30.1. The minimum Gasteiger partial charge on any atom is -0.489 e. The molecule has 0 spiro atoms. The summed E-state index contributed by atoms with van der Waals surface area (Å²) in [6, 6.07) is 9.30. The van der Waals surface area contributed by atoms with E-state index in [-0.39, 0.29) is 90.2 Å². The maximum absolute atomic E-state index is 14.5. The number of hydrogen-bond acceptors (Lipinski definition) is 7. The van der Waals surface area contributed by atoms with E-state index in [0.717, 1.165) is 25.3 Å². The number of amides is 1. The predicted molar refractivity (Wildman–Crippen MR) is 130 cm³/mol. The summed E-state index contributed by atoms with van der Waals surface area (Å²) in [7, 11) is 0. The largest absolute Gasteiger partial charge is 1.00 e. The number of pyridine rings is 1. The van der Waals surface area contributed by atoms with Crippen molar-refractivity contribution in [2.45, 2.75) is 25.4 Å². The van der Waals surface area contributed by atoms with E-state index in [0.29, 0.717) is 11.1 Å². The molecule has 3 aromatic rings. The first-order valence-electron chi connectivity index (χ1n) is 10.9. The van der Waals surface area contributed by atoms with Crippen LogP contribution in [0.3, 0.4) is 0 Å². The first-order valence-corrected chi connectivity index (χ1v) is 11.6. The van der Waals surface area contributed by atoms with E-state index in [4.69, 9.17) is 27.9 Å². The Kier molecular flexibility index (Phi) is 10.3. The van der Waals surface area contributed by atoms with Crippen molar-refractivity contribution in [2.24, 2.45) is 5.92 Å². The van der Waals surface area contributed by atoms with Gasteiger partial charge >= 0.3 is 57.5 Å². The van der Waals surface area contributed by atoms with Gasteiger partial charge in [0, 0.05) is 11.2 Å². The number of carbonyl (C=O) groups excluding carboxylic acids is 2. The second kappa shape index (κ2) is 12.6. The molecule has 1 heterocycles. The quantitative estimate of drug-likeness (QED) is 0.210. The van der Waals surface area contributed by atoms with E-state index in [9.17, 15) is 29.3 Å². The van der Waals surface area contributed by atoms with Crippen molar-refractivity contribution in [2.75, 3.05) is 11.5 Å². The van der Waals surface area contributed by atoms with E-state index in [2.05, 4.69) is 4.98 Å². The van der Waals surface area contributed by atoms with Gasteiger partial charge in [-0.15, -0.1) is 0 Å². The standard InChI is InChI=1S/C25H20Cl2FN2O6.K/c26-18-8-7-15(12-31)9-17(18)16-10-21(36-13-14-3-1-4-14)23(29-11-16)30(25(33,34)35)24(32)22-19(27)5-2-6-20(22)28;/h2,5-11,14,33-35H,1,3-4,13H2;/q-1;+1. The Morgan fingerprint density at radius 3 is 2.49 bits per heavy atom. The molecular formula is C25H20Cl2FKN2O6. The summed E-state index contributed by atoms with van der Waals surface area (Å²) >= 11 is 12.3. The Labute approximate surface area is 264 Å². The number of carbonyl (C=O) groups is 1. The fourth-order valence-corrected chi connectivity index (χ4v) is 4.19. The third-order valence-corrected chi connectivity index (χ3v) is 6.46. The number of aromatic nitrogens is 1. The topological polar surface area (TPSA) is 120 Å². The molecule has 188 valence electrons. The van der Waals surface area contributed by atoms with E-state index in [1.165, 1.54) is 42.6 Å². The van der Waals surface area contributed by atoms with Gasteiger partial charge in [-0.05, 0) is 42.5 Å². The van der Waals surface area contributed by atoms with Gasteiger partial charge in [0.15, 0.2) is 11.6 Å². The summed E-state index contributed by atoms with van der Waals surface area (Å²) in [4.78, 5) is 28.6. The van der Waals surface area contributed by atoms with Crippen LogP contribution < -0.4 is 61.0 Å². The molecule has 2 aromatic carbocycles. The average molecular weight is 573 g/mol. The van der Waals surface area contributed by atoms with Gasteiger partial charge in [-0.1, -0.05) is 47.3 Å². The molecule has 0 radical (unpaired) electrons. The molecule has 1 aliphatic carbocycles. The number of nitrogens with zero attached hydrogens (tertiary/aromatic N) is 2. The zero-order valence-corrected chi connectivity index (χ0v) is 24.3. The van der Waals surface area contributed by atoms with Crippen molar-refractivity contribution < 1.29 is 85.4 Å². The summed E-state index contributed by atoms with van der Waals surface area (Å²) in [6.07, 6.45) is 2.06. The molecule has 37 heavy (non-hydrogen) atoms. The number of halogens is 3. The molecule has 3 N–H and O–H groups in total. The molecule has 0 unspecified atom stereocenters. The van der Waals surface area contributed by atoms with Crippen LogP contribution in [0.5, 0.6) is 5.75 Å². The second-order valence-corrected chi connectivity index (χ2v) is 9.10. The van der Waals surface area contributed by atoms with E-state index < -0.39 is 29.2 Å². The summed E-state index contributed by atoms with van der Waals surface area (Å²) in [5.74, 6) is -2.84. The first-order chi connectivity index (χ1) is 17.1. The minimum atomic E-state index is -3.80. The Balaban J connectivity index is 0.00000380. The number of anilines is 1. The van der Waals surface area contributed by atoms with Gasteiger partial charge in [-0.3, -0.25) is 4.79 Å². The van der Waals surface area contributed by atoms with Crippen LogP contribution in [0.15, 0.2) is 48.7 Å². The van der Waals surface area contributed by atoms with Crippen LogP contribution in [-0.4, -0.2) is 45.2 Å². The van der Waals surface area contributed by atoms with Gasteiger partial charge in [0.05, 0.1) is 23.5 Å². The monoisotopic (exact) mass is 572 g/mol. The number of hydrogen-bond donors (Lipinski definition) is 3. The third kappa shape index (κ3) is 6.77. The summed E-state index contributed by atoms with van der Waals surface area (Å²) in [6.45, 7) is 0.214. The van der Waals surface area contributed by atoms with Crippen LogP contribution >= 0.6 is 23.2 Å². The van der Waals surface area contributed by atoms with Crippen LogP contribution in [0, 0.1) is 11.7 Å². The van der Waals surface area contributed by atoms with E-state index in [1.807, 2.05) is 0 Å². The Morgan fingerprint density at radius 1 is 1.16 bits per heavy atom. The van der Waals surface area contributed by atoms with Gasteiger partial charge in [0.25, 0.3) is 5.91 Å². The second-order valence-electron chi connectivity index (χ2n) is 8.29. The van der Waals surface area contributed by atoms with E-state index in [1.54, 1.807) is 6.29 Å². The average Bonchev–Trinajstić information content (AvgIpc) is 2.78. The molecule has 0 saturated heterocycles. The van der Waals surface area contributed by atoms with Crippen molar-refractivity contribution >= 4 is 41.2 Å². The zero-order valence-electron chi connectivity index (χ0n) is 19.6. The van der Waals surface area contributed by atoms with Crippen LogP contribution in [0.1, 0.15) is 35.2 Å².